The third kappa shape index (κ3) is 2.86. The van der Waals surface area contributed by atoms with Crippen LogP contribution in [0.1, 0.15) is 13.8 Å². The first kappa shape index (κ1) is 18.8. The summed E-state index contributed by atoms with van der Waals surface area (Å²) in [4.78, 5) is 4.74. The van der Waals surface area contributed by atoms with Crippen LogP contribution < -0.4 is 5.73 Å². The van der Waals surface area contributed by atoms with Crippen LogP contribution in [-0.2, 0) is 0 Å². The molecule has 0 aromatic carbocycles. The van der Waals surface area contributed by atoms with Gasteiger partial charge in [-0.25, -0.2) is 5.01 Å². The van der Waals surface area contributed by atoms with Gasteiger partial charge in [0, 0.05) is 23.6 Å². The molecule has 4 N–H and O–H groups in total. The summed E-state index contributed by atoms with van der Waals surface area (Å²) in [7, 11) is 1.79. The predicted octanol–water partition coefficient (Wildman–Crippen LogP) is 2.79. The Morgan fingerprint density at radius 1 is 1.25 bits per heavy atom. The van der Waals surface area contributed by atoms with E-state index in [9.17, 15) is 10.2 Å². The standard InChI is InChI=1S/C21H24N4O2S/c1-20-10-6-4-8-14(20)15(26)12-13(17(20)27)18(22)24-25(3)19-23-16-9-5-7-11-21(16,2)28-19/h4-12,16-17,26-27H,1-3H3,(H2,22,24). The Bertz CT molecular complexity index is 955. The molecule has 0 fully saturated rings. The van der Waals surface area contributed by atoms with E-state index in [0.717, 1.165) is 5.17 Å². The Balaban J connectivity index is 1.62. The Hall–Kier alpha value is -2.51. The highest BCUT2D eigenvalue weighted by Gasteiger charge is 2.43. The molecular formula is C21H24N4O2S. The van der Waals surface area contributed by atoms with Crippen LogP contribution in [-0.4, -0.2) is 50.2 Å². The van der Waals surface area contributed by atoms with Crippen molar-refractivity contribution in [2.75, 3.05) is 7.05 Å². The number of aliphatic imine (C=N–C) groups is 1. The van der Waals surface area contributed by atoms with Crippen LogP contribution in [0.3, 0.4) is 0 Å². The first-order chi connectivity index (χ1) is 13.2. The summed E-state index contributed by atoms with van der Waals surface area (Å²) in [6.07, 6.45) is 16.2. The van der Waals surface area contributed by atoms with Gasteiger partial charge in [-0.3, -0.25) is 4.99 Å². The molecule has 4 rings (SSSR count). The van der Waals surface area contributed by atoms with Gasteiger partial charge in [-0.1, -0.05) is 60.4 Å². The highest BCUT2D eigenvalue weighted by Crippen LogP contribution is 2.44. The molecule has 0 spiro atoms. The Morgan fingerprint density at radius 3 is 2.75 bits per heavy atom. The zero-order valence-corrected chi connectivity index (χ0v) is 16.9. The van der Waals surface area contributed by atoms with Gasteiger partial charge in [-0.2, -0.15) is 5.10 Å². The maximum absolute atomic E-state index is 11.0. The van der Waals surface area contributed by atoms with Gasteiger partial charge in [-0.15, -0.1) is 0 Å². The Morgan fingerprint density at radius 2 is 2.00 bits per heavy atom. The van der Waals surface area contributed by atoms with Crippen molar-refractivity contribution in [3.8, 4) is 0 Å². The molecule has 4 atom stereocenters. The maximum atomic E-state index is 11.0. The first-order valence-corrected chi connectivity index (χ1v) is 9.96. The first-order valence-electron chi connectivity index (χ1n) is 9.15. The maximum Gasteiger partial charge on any atom is 0.181 e. The number of hydrogen-bond donors (Lipinski definition) is 3. The summed E-state index contributed by atoms with van der Waals surface area (Å²) in [5, 5.41) is 28.3. The van der Waals surface area contributed by atoms with Crippen LogP contribution in [0, 0.1) is 5.41 Å². The second kappa shape index (κ2) is 6.53. The summed E-state index contributed by atoms with van der Waals surface area (Å²) in [5.41, 5.74) is 6.55. The number of hydrazone groups is 1. The molecule has 0 saturated heterocycles. The molecule has 6 nitrogen and oxygen atoms in total. The number of amidine groups is 2. The van der Waals surface area contributed by atoms with Crippen LogP contribution in [0.15, 0.2) is 81.7 Å². The molecule has 0 aromatic rings. The van der Waals surface area contributed by atoms with Gasteiger partial charge >= 0.3 is 0 Å². The zero-order valence-electron chi connectivity index (χ0n) is 16.1. The smallest absolute Gasteiger partial charge is 0.181 e. The lowest BCUT2D eigenvalue weighted by atomic mass is 9.69. The number of fused-ring (bicyclic) bond motifs is 2. The van der Waals surface area contributed by atoms with Crippen LogP contribution in [0.2, 0.25) is 0 Å². The molecule has 0 aromatic heterocycles. The highest BCUT2D eigenvalue weighted by molar-refractivity contribution is 8.15. The second-order valence-corrected chi connectivity index (χ2v) is 9.15. The second-order valence-electron chi connectivity index (χ2n) is 7.70. The summed E-state index contributed by atoms with van der Waals surface area (Å²) < 4.78 is -0.130. The minimum atomic E-state index is -0.916. The van der Waals surface area contributed by atoms with E-state index in [0.29, 0.717) is 11.1 Å². The van der Waals surface area contributed by atoms with E-state index >= 15 is 0 Å². The number of thioether (sulfide) groups is 1. The average molecular weight is 397 g/mol. The summed E-state index contributed by atoms with van der Waals surface area (Å²) in [6.45, 7) is 4.01. The Kier molecular flexibility index (Phi) is 4.39. The van der Waals surface area contributed by atoms with Gasteiger partial charge in [0.05, 0.1) is 16.9 Å². The molecule has 0 bridgehead atoms. The molecule has 146 valence electrons. The van der Waals surface area contributed by atoms with Crippen LogP contribution in [0.4, 0.5) is 0 Å². The van der Waals surface area contributed by atoms with Crippen molar-refractivity contribution in [3.63, 3.8) is 0 Å². The third-order valence-corrected chi connectivity index (χ3v) is 7.01. The molecular weight excluding hydrogens is 372 g/mol. The summed E-state index contributed by atoms with van der Waals surface area (Å²) >= 11 is 1.63. The Labute approximate surface area is 168 Å². The number of hydrogen-bond acceptors (Lipinski definition) is 6. The molecule has 3 aliphatic carbocycles. The van der Waals surface area contributed by atoms with E-state index in [1.165, 1.54) is 6.08 Å². The van der Waals surface area contributed by atoms with Crippen molar-refractivity contribution < 1.29 is 10.2 Å². The lowest BCUT2D eigenvalue weighted by molar-refractivity contribution is 0.125. The minimum absolute atomic E-state index is 0.0588. The summed E-state index contributed by atoms with van der Waals surface area (Å²) in [5.74, 6) is 0.241. The molecule has 0 amide bonds. The van der Waals surface area contributed by atoms with Crippen LogP contribution >= 0.6 is 11.8 Å². The van der Waals surface area contributed by atoms with Gasteiger partial charge in [-0.05, 0) is 19.9 Å². The number of allylic oxidation sites excluding steroid dienone is 6. The largest absolute Gasteiger partial charge is 0.508 e. The number of nitrogens with zero attached hydrogens (tertiary/aromatic N) is 3. The molecule has 1 heterocycles. The zero-order chi connectivity index (χ0) is 20.1. The third-order valence-electron chi connectivity index (χ3n) is 5.64. The molecule has 4 aliphatic rings. The minimum Gasteiger partial charge on any atom is -0.508 e. The van der Waals surface area contributed by atoms with Gasteiger partial charge in [0.2, 0.25) is 0 Å². The van der Waals surface area contributed by atoms with E-state index in [1.807, 2.05) is 37.3 Å². The molecule has 0 saturated carbocycles. The molecule has 4 unspecified atom stereocenters. The molecule has 1 aliphatic heterocycles. The normalized spacial score (nSPS) is 36.2. The van der Waals surface area contributed by atoms with E-state index in [2.05, 4.69) is 24.2 Å². The monoisotopic (exact) mass is 396 g/mol. The SMILES string of the molecule is CN(/N=C(\N)C1=CC(O)=C2C=CC=CC2(C)C1O)C1=NC2C=CC=CC2(C)S1. The van der Waals surface area contributed by atoms with E-state index in [4.69, 9.17) is 10.7 Å². The molecule has 7 heteroatoms. The number of nitrogens with two attached hydrogens (primary N) is 1. The topological polar surface area (TPSA) is 94.4 Å². The van der Waals surface area contributed by atoms with Crippen LogP contribution in [0.5, 0.6) is 0 Å². The predicted molar refractivity (Wildman–Crippen MR) is 115 cm³/mol. The van der Waals surface area contributed by atoms with E-state index in [-0.39, 0.29) is 22.4 Å². The van der Waals surface area contributed by atoms with Gasteiger partial charge in [0.25, 0.3) is 0 Å². The van der Waals surface area contributed by atoms with Crippen molar-refractivity contribution in [1.29, 1.82) is 0 Å². The van der Waals surface area contributed by atoms with Gasteiger partial charge in [0.15, 0.2) is 5.17 Å². The lowest BCUT2D eigenvalue weighted by Crippen LogP contribution is -2.42. The quantitative estimate of drug-likeness (QED) is 0.379. The van der Waals surface area contributed by atoms with E-state index < -0.39 is 11.5 Å². The van der Waals surface area contributed by atoms with Gasteiger partial charge in [0.1, 0.15) is 11.6 Å². The lowest BCUT2D eigenvalue weighted by Gasteiger charge is -2.38. The molecule has 0 radical (unpaired) electrons. The van der Waals surface area contributed by atoms with Crippen LogP contribution in [0.25, 0.3) is 0 Å². The van der Waals surface area contributed by atoms with Crippen molar-refractivity contribution in [1.82, 2.24) is 5.01 Å². The number of aliphatic hydroxyl groups excluding tert-OH is 2. The fourth-order valence-electron chi connectivity index (χ4n) is 3.84. The van der Waals surface area contributed by atoms with E-state index in [1.54, 1.807) is 29.9 Å². The van der Waals surface area contributed by atoms with Crippen molar-refractivity contribution in [3.05, 3.63) is 71.6 Å². The summed E-state index contributed by atoms with van der Waals surface area (Å²) in [6, 6.07) is 0.0588. The molecule has 28 heavy (non-hydrogen) atoms. The average Bonchev–Trinajstić information content (AvgIpc) is 3.02. The number of rotatable bonds is 2. The van der Waals surface area contributed by atoms with Crippen molar-refractivity contribution in [2.45, 2.75) is 30.7 Å². The highest BCUT2D eigenvalue weighted by atomic mass is 32.2. The van der Waals surface area contributed by atoms with Gasteiger partial charge < -0.3 is 15.9 Å². The number of aliphatic hydroxyl groups is 2. The van der Waals surface area contributed by atoms with Crippen molar-refractivity contribution in [2.24, 2.45) is 21.2 Å². The fourth-order valence-corrected chi connectivity index (χ4v) is 4.97. The fraction of sp³-hybridized carbons (Fsp3) is 0.333. The van der Waals surface area contributed by atoms with Crippen molar-refractivity contribution >= 4 is 22.8 Å².